The third-order valence-corrected chi connectivity index (χ3v) is 5.19. The van der Waals surface area contributed by atoms with Gasteiger partial charge in [-0.1, -0.05) is 24.9 Å². The summed E-state index contributed by atoms with van der Waals surface area (Å²) in [5.41, 5.74) is 2.22. The number of carbonyl (C=O) groups is 2. The predicted molar refractivity (Wildman–Crippen MR) is 133 cm³/mol. The lowest BCUT2D eigenvalue weighted by molar-refractivity contribution is 0.0499. The van der Waals surface area contributed by atoms with Crippen LogP contribution < -0.4 is 14.8 Å². The lowest BCUT2D eigenvalue weighted by atomic mass is 10.1. The maximum atomic E-state index is 12.8. The van der Waals surface area contributed by atoms with E-state index in [0.29, 0.717) is 46.5 Å². The van der Waals surface area contributed by atoms with Crippen molar-refractivity contribution in [2.45, 2.75) is 33.3 Å². The van der Waals surface area contributed by atoms with E-state index in [1.807, 2.05) is 13.8 Å². The highest BCUT2D eigenvalue weighted by Gasteiger charge is 2.13. The zero-order valence-electron chi connectivity index (χ0n) is 19.3. The molecule has 3 aromatic carbocycles. The monoisotopic (exact) mass is 481 g/mol. The summed E-state index contributed by atoms with van der Waals surface area (Å²) < 4.78 is 16.7. The molecule has 178 valence electrons. The van der Waals surface area contributed by atoms with Gasteiger partial charge in [-0.15, -0.1) is 0 Å². The van der Waals surface area contributed by atoms with Crippen LogP contribution in [-0.4, -0.2) is 25.1 Å². The molecule has 0 radical (unpaired) electrons. The molecule has 0 fully saturated rings. The molecule has 0 unspecified atom stereocenters. The van der Waals surface area contributed by atoms with E-state index in [4.69, 9.17) is 25.8 Å². The van der Waals surface area contributed by atoms with E-state index in [-0.39, 0.29) is 18.5 Å². The van der Waals surface area contributed by atoms with Gasteiger partial charge in [-0.2, -0.15) is 0 Å². The van der Waals surface area contributed by atoms with E-state index in [9.17, 15) is 9.59 Å². The third kappa shape index (κ3) is 7.25. The van der Waals surface area contributed by atoms with Gasteiger partial charge < -0.3 is 19.5 Å². The molecule has 0 aliphatic carbocycles. The Labute approximate surface area is 204 Å². The second-order valence-electron chi connectivity index (χ2n) is 7.52. The van der Waals surface area contributed by atoms with Crippen molar-refractivity contribution in [3.8, 4) is 11.5 Å². The molecule has 1 amide bonds. The number of hydrogen-bond donors (Lipinski definition) is 1. The van der Waals surface area contributed by atoms with Crippen molar-refractivity contribution >= 4 is 29.2 Å². The molecule has 7 heteroatoms. The molecular formula is C27H28ClNO5. The Kier molecular flexibility index (Phi) is 9.35. The van der Waals surface area contributed by atoms with Crippen LogP contribution in [0.15, 0.2) is 66.7 Å². The number of amides is 1. The van der Waals surface area contributed by atoms with Crippen LogP contribution in [0.3, 0.4) is 0 Å². The van der Waals surface area contributed by atoms with Crippen molar-refractivity contribution < 1.29 is 23.8 Å². The standard InChI is InChI=1S/C27H28ClNO5/c1-3-5-16-33-27(31)19-6-11-23(12-7-19)29-26(30)20-8-15-25(32-4-2)21(17-20)18-34-24-13-9-22(28)10-14-24/h6-15,17H,3-5,16,18H2,1-2H3,(H,29,30). The zero-order chi connectivity index (χ0) is 24.3. The molecule has 0 bridgehead atoms. The molecule has 0 heterocycles. The summed E-state index contributed by atoms with van der Waals surface area (Å²) in [6.07, 6.45) is 1.79. The summed E-state index contributed by atoms with van der Waals surface area (Å²) in [5, 5.41) is 3.48. The Bertz CT molecular complexity index is 1100. The van der Waals surface area contributed by atoms with Gasteiger partial charge in [0, 0.05) is 21.8 Å². The minimum Gasteiger partial charge on any atom is -0.493 e. The fourth-order valence-corrected chi connectivity index (χ4v) is 3.23. The lowest BCUT2D eigenvalue weighted by Crippen LogP contribution is -2.13. The van der Waals surface area contributed by atoms with E-state index in [2.05, 4.69) is 5.32 Å². The van der Waals surface area contributed by atoms with Crippen molar-refractivity contribution in [1.82, 2.24) is 0 Å². The Morgan fingerprint density at radius 2 is 1.59 bits per heavy atom. The molecule has 0 spiro atoms. The number of ether oxygens (including phenoxy) is 3. The zero-order valence-corrected chi connectivity index (χ0v) is 20.1. The Morgan fingerprint density at radius 1 is 0.882 bits per heavy atom. The van der Waals surface area contributed by atoms with Gasteiger partial charge in [0.15, 0.2) is 0 Å². The third-order valence-electron chi connectivity index (χ3n) is 4.94. The van der Waals surface area contributed by atoms with Crippen LogP contribution in [0.4, 0.5) is 5.69 Å². The molecule has 0 aliphatic heterocycles. The predicted octanol–water partition coefficient (Wildman–Crippen LogP) is 6.53. The van der Waals surface area contributed by atoms with Gasteiger partial charge in [-0.3, -0.25) is 4.79 Å². The first-order chi connectivity index (χ1) is 16.5. The normalized spacial score (nSPS) is 10.4. The van der Waals surface area contributed by atoms with Crippen LogP contribution in [0, 0.1) is 0 Å². The van der Waals surface area contributed by atoms with E-state index < -0.39 is 0 Å². The van der Waals surface area contributed by atoms with Gasteiger partial charge in [0.25, 0.3) is 5.91 Å². The number of rotatable bonds is 11. The number of benzene rings is 3. The molecule has 34 heavy (non-hydrogen) atoms. The van der Waals surface area contributed by atoms with Gasteiger partial charge in [-0.05, 0) is 80.1 Å². The van der Waals surface area contributed by atoms with E-state index in [1.165, 1.54) is 0 Å². The van der Waals surface area contributed by atoms with Gasteiger partial charge in [-0.25, -0.2) is 4.79 Å². The van der Waals surface area contributed by atoms with Crippen molar-refractivity contribution in [3.63, 3.8) is 0 Å². The average molecular weight is 482 g/mol. The largest absolute Gasteiger partial charge is 0.493 e. The number of hydrogen-bond acceptors (Lipinski definition) is 5. The fourth-order valence-electron chi connectivity index (χ4n) is 3.11. The van der Waals surface area contributed by atoms with Crippen LogP contribution in [0.25, 0.3) is 0 Å². The Balaban J connectivity index is 1.67. The Morgan fingerprint density at radius 3 is 2.26 bits per heavy atom. The quantitative estimate of drug-likeness (QED) is 0.249. The van der Waals surface area contributed by atoms with Crippen molar-refractivity contribution in [3.05, 3.63) is 88.4 Å². The second kappa shape index (κ2) is 12.7. The van der Waals surface area contributed by atoms with E-state index in [0.717, 1.165) is 18.4 Å². The highest BCUT2D eigenvalue weighted by atomic mass is 35.5. The molecule has 0 aliphatic rings. The second-order valence-corrected chi connectivity index (χ2v) is 7.96. The maximum Gasteiger partial charge on any atom is 0.338 e. The molecule has 3 aromatic rings. The van der Waals surface area contributed by atoms with Crippen molar-refractivity contribution in [2.24, 2.45) is 0 Å². The van der Waals surface area contributed by atoms with Gasteiger partial charge in [0.2, 0.25) is 0 Å². The minimum absolute atomic E-state index is 0.229. The fraction of sp³-hybridized carbons (Fsp3) is 0.259. The van der Waals surface area contributed by atoms with Crippen LogP contribution in [0.2, 0.25) is 5.02 Å². The highest BCUT2D eigenvalue weighted by Crippen LogP contribution is 2.24. The van der Waals surface area contributed by atoms with E-state index in [1.54, 1.807) is 66.7 Å². The van der Waals surface area contributed by atoms with Gasteiger partial charge in [0.1, 0.15) is 18.1 Å². The molecule has 1 N–H and O–H groups in total. The van der Waals surface area contributed by atoms with Gasteiger partial charge >= 0.3 is 5.97 Å². The number of halogens is 1. The number of unbranched alkanes of at least 4 members (excludes halogenated alkanes) is 1. The molecular weight excluding hydrogens is 454 g/mol. The number of esters is 1. The van der Waals surface area contributed by atoms with E-state index >= 15 is 0 Å². The first-order valence-electron chi connectivity index (χ1n) is 11.2. The summed E-state index contributed by atoms with van der Waals surface area (Å²) in [6.45, 7) is 5.05. The average Bonchev–Trinajstić information content (AvgIpc) is 2.85. The molecule has 0 atom stereocenters. The summed E-state index contributed by atoms with van der Waals surface area (Å²) in [7, 11) is 0. The number of anilines is 1. The van der Waals surface area contributed by atoms with Crippen LogP contribution in [-0.2, 0) is 11.3 Å². The lowest BCUT2D eigenvalue weighted by Gasteiger charge is -2.14. The topological polar surface area (TPSA) is 73.9 Å². The molecule has 3 rings (SSSR count). The summed E-state index contributed by atoms with van der Waals surface area (Å²) >= 11 is 5.92. The molecule has 6 nitrogen and oxygen atoms in total. The molecule has 0 saturated carbocycles. The summed E-state index contributed by atoms with van der Waals surface area (Å²) in [6, 6.07) is 18.9. The smallest absolute Gasteiger partial charge is 0.338 e. The first kappa shape index (κ1) is 25.1. The summed E-state index contributed by atoms with van der Waals surface area (Å²) in [4.78, 5) is 24.9. The van der Waals surface area contributed by atoms with Crippen molar-refractivity contribution in [2.75, 3.05) is 18.5 Å². The van der Waals surface area contributed by atoms with Gasteiger partial charge in [0.05, 0.1) is 18.8 Å². The first-order valence-corrected chi connectivity index (χ1v) is 11.6. The SMILES string of the molecule is CCCCOC(=O)c1ccc(NC(=O)c2ccc(OCC)c(COc3ccc(Cl)cc3)c2)cc1. The summed E-state index contributed by atoms with van der Waals surface area (Å²) in [5.74, 6) is 0.659. The Hall–Kier alpha value is -3.51. The maximum absolute atomic E-state index is 12.8. The molecule has 0 aromatic heterocycles. The number of nitrogens with one attached hydrogen (secondary N) is 1. The van der Waals surface area contributed by atoms with Crippen molar-refractivity contribution in [1.29, 1.82) is 0 Å². The minimum atomic E-state index is -0.372. The number of carbonyl (C=O) groups excluding carboxylic acids is 2. The van der Waals surface area contributed by atoms with Crippen LogP contribution in [0.1, 0.15) is 53.0 Å². The highest BCUT2D eigenvalue weighted by molar-refractivity contribution is 6.30. The molecule has 0 saturated heterocycles. The van der Waals surface area contributed by atoms with Crippen LogP contribution in [0.5, 0.6) is 11.5 Å². The van der Waals surface area contributed by atoms with Crippen LogP contribution >= 0.6 is 11.6 Å².